The molecule has 24 heavy (non-hydrogen) atoms. The molecule has 4 rings (SSSR count). The lowest BCUT2D eigenvalue weighted by atomic mass is 10.1. The normalized spacial score (nSPS) is 14.8. The van der Waals surface area contributed by atoms with E-state index in [1.165, 1.54) is 5.39 Å². The summed E-state index contributed by atoms with van der Waals surface area (Å²) in [6, 6.07) is 20.2. The van der Waals surface area contributed by atoms with Crippen molar-refractivity contribution in [3.8, 4) is 0 Å². The summed E-state index contributed by atoms with van der Waals surface area (Å²) in [5.41, 5.74) is 0.772. The molecule has 1 N–H and O–H groups in total. The summed E-state index contributed by atoms with van der Waals surface area (Å²) >= 11 is 0. The summed E-state index contributed by atoms with van der Waals surface area (Å²) in [5, 5.41) is 2.28. The smallest absolute Gasteiger partial charge is 0.274 e. The lowest BCUT2D eigenvalue weighted by Gasteiger charge is -2.31. The maximum Gasteiger partial charge on any atom is 0.274 e. The van der Waals surface area contributed by atoms with Gasteiger partial charge >= 0.3 is 0 Å². The largest absolute Gasteiger partial charge is 0.331 e. The fraction of sp³-hybridized carbons (Fsp3) is 0.200. The number of aromatic amines is 1. The van der Waals surface area contributed by atoms with Crippen LogP contribution in [-0.2, 0) is 0 Å². The molecule has 0 spiro atoms. The number of aromatic nitrogens is 1. The van der Waals surface area contributed by atoms with E-state index < -0.39 is 0 Å². The summed E-state index contributed by atoms with van der Waals surface area (Å²) < 4.78 is 0. The van der Waals surface area contributed by atoms with E-state index in [1.807, 2.05) is 53.6 Å². The van der Waals surface area contributed by atoms with E-state index in [9.17, 15) is 4.79 Å². The highest BCUT2D eigenvalue weighted by atomic mass is 16.2. The summed E-state index contributed by atoms with van der Waals surface area (Å²) in [6.45, 7) is 3.18. The maximum absolute atomic E-state index is 12.8. The molecule has 4 heteroatoms. The molecule has 120 valence electrons. The molecule has 2 heterocycles. The molecule has 1 amide bonds. The molecule has 1 saturated heterocycles. The van der Waals surface area contributed by atoms with Gasteiger partial charge in [0.25, 0.3) is 11.7 Å². The van der Waals surface area contributed by atoms with Gasteiger partial charge in [0.2, 0.25) is 0 Å². The van der Waals surface area contributed by atoms with Crippen LogP contribution in [0.2, 0.25) is 0 Å². The van der Waals surface area contributed by atoms with Gasteiger partial charge in [-0.25, -0.2) is 4.98 Å². The minimum atomic E-state index is 0.123. The third-order valence-electron chi connectivity index (χ3n) is 4.60. The molecule has 0 saturated carbocycles. The second-order valence-corrected chi connectivity index (χ2v) is 6.09. The topological polar surface area (TPSA) is 37.7 Å². The van der Waals surface area contributed by atoms with Crippen molar-refractivity contribution < 1.29 is 9.78 Å². The van der Waals surface area contributed by atoms with Crippen molar-refractivity contribution in [1.82, 2.24) is 4.90 Å². The predicted molar refractivity (Wildman–Crippen MR) is 95.1 cm³/mol. The Hall–Kier alpha value is -2.88. The van der Waals surface area contributed by atoms with Crippen LogP contribution in [-0.4, -0.2) is 37.0 Å². The number of nitrogens with zero attached hydrogens (tertiary/aromatic N) is 2. The first-order valence-electron chi connectivity index (χ1n) is 8.31. The molecule has 1 fully saturated rings. The van der Waals surface area contributed by atoms with Crippen LogP contribution < -0.4 is 9.88 Å². The number of hydrogen-bond acceptors (Lipinski definition) is 2. The van der Waals surface area contributed by atoms with Crippen molar-refractivity contribution >= 4 is 22.5 Å². The van der Waals surface area contributed by atoms with Crippen LogP contribution >= 0.6 is 0 Å². The second-order valence-electron chi connectivity index (χ2n) is 6.09. The molecule has 0 radical (unpaired) electrons. The van der Waals surface area contributed by atoms with Gasteiger partial charge in [0.15, 0.2) is 0 Å². The molecular formula is C20H20N3O+. The molecule has 0 bridgehead atoms. The Labute approximate surface area is 141 Å². The fourth-order valence-corrected chi connectivity index (χ4v) is 3.24. The first kappa shape index (κ1) is 14.7. The van der Waals surface area contributed by atoms with E-state index in [2.05, 4.69) is 28.1 Å². The van der Waals surface area contributed by atoms with E-state index in [0.29, 0.717) is 0 Å². The van der Waals surface area contributed by atoms with E-state index in [4.69, 9.17) is 0 Å². The summed E-state index contributed by atoms with van der Waals surface area (Å²) in [4.78, 5) is 20.3. The monoisotopic (exact) mass is 318 g/mol. The van der Waals surface area contributed by atoms with Gasteiger partial charge in [-0.2, -0.15) is 0 Å². The second kappa shape index (κ2) is 6.32. The van der Waals surface area contributed by atoms with Crippen molar-refractivity contribution in [3.63, 3.8) is 0 Å². The van der Waals surface area contributed by atoms with Crippen molar-refractivity contribution in [2.45, 2.75) is 0 Å². The first-order chi connectivity index (χ1) is 11.8. The molecule has 0 unspecified atom stereocenters. The van der Waals surface area contributed by atoms with E-state index >= 15 is 0 Å². The lowest BCUT2D eigenvalue weighted by molar-refractivity contribution is -0.364. The van der Waals surface area contributed by atoms with Gasteiger partial charge in [0.1, 0.15) is 13.1 Å². The van der Waals surface area contributed by atoms with Crippen molar-refractivity contribution in [2.75, 3.05) is 31.1 Å². The van der Waals surface area contributed by atoms with Crippen molar-refractivity contribution in [3.05, 3.63) is 72.4 Å². The van der Waals surface area contributed by atoms with Crippen LogP contribution in [0.25, 0.3) is 10.8 Å². The van der Waals surface area contributed by atoms with Crippen LogP contribution in [0.3, 0.4) is 0 Å². The highest BCUT2D eigenvalue weighted by Gasteiger charge is 2.26. The Morgan fingerprint density at radius 3 is 2.33 bits per heavy atom. The highest BCUT2D eigenvalue weighted by molar-refractivity contribution is 5.98. The Balaban J connectivity index is 1.47. The third-order valence-corrected chi connectivity index (χ3v) is 4.60. The number of nitrogens with one attached hydrogen (secondary N) is 1. The number of amides is 1. The molecule has 0 aliphatic carbocycles. The SMILES string of the molecule is O=C(c1ccc2ccccc2c1)N1CCN(c2cccc[nH+]2)CC1. The zero-order chi connectivity index (χ0) is 16.4. The average Bonchev–Trinajstić information content (AvgIpc) is 2.68. The number of hydrogen-bond donors (Lipinski definition) is 0. The number of H-pyrrole nitrogens is 1. The Bertz CT molecular complexity index is 855. The van der Waals surface area contributed by atoms with Gasteiger partial charge in [-0.05, 0) is 29.0 Å². The molecule has 2 aromatic carbocycles. The standard InChI is InChI=1S/C20H19N3O/c24-20(18-9-8-16-5-1-2-6-17(16)15-18)23-13-11-22(12-14-23)19-7-3-4-10-21-19/h1-10,15H,11-14H2/p+1. The number of pyridine rings is 1. The van der Waals surface area contributed by atoms with Crippen LogP contribution in [0, 0.1) is 0 Å². The molecule has 1 aliphatic rings. The molecule has 4 nitrogen and oxygen atoms in total. The number of anilines is 1. The summed E-state index contributed by atoms with van der Waals surface area (Å²) in [5.74, 6) is 1.23. The molecule has 1 aliphatic heterocycles. The van der Waals surface area contributed by atoms with E-state index in [0.717, 1.165) is 42.9 Å². The van der Waals surface area contributed by atoms with Gasteiger partial charge in [-0.15, -0.1) is 0 Å². The number of rotatable bonds is 2. The Morgan fingerprint density at radius 1 is 0.833 bits per heavy atom. The van der Waals surface area contributed by atoms with Crippen LogP contribution in [0.15, 0.2) is 66.9 Å². The van der Waals surface area contributed by atoms with Gasteiger partial charge in [-0.1, -0.05) is 36.4 Å². The Kier molecular flexibility index (Phi) is 3.87. The van der Waals surface area contributed by atoms with Crippen LogP contribution in [0.5, 0.6) is 0 Å². The average molecular weight is 318 g/mol. The highest BCUT2D eigenvalue weighted by Crippen LogP contribution is 2.18. The van der Waals surface area contributed by atoms with Gasteiger partial charge in [0, 0.05) is 11.6 Å². The zero-order valence-corrected chi connectivity index (χ0v) is 13.5. The third kappa shape index (κ3) is 2.83. The number of piperazine rings is 1. The Morgan fingerprint density at radius 2 is 1.58 bits per heavy atom. The minimum absolute atomic E-state index is 0.123. The van der Waals surface area contributed by atoms with E-state index in [1.54, 1.807) is 0 Å². The molecule has 1 aromatic heterocycles. The van der Waals surface area contributed by atoms with Gasteiger partial charge in [-0.3, -0.25) is 9.69 Å². The first-order valence-corrected chi connectivity index (χ1v) is 8.31. The van der Waals surface area contributed by atoms with Crippen molar-refractivity contribution in [2.24, 2.45) is 0 Å². The van der Waals surface area contributed by atoms with E-state index in [-0.39, 0.29) is 5.91 Å². The van der Waals surface area contributed by atoms with Crippen LogP contribution in [0.4, 0.5) is 5.82 Å². The molecular weight excluding hydrogens is 298 g/mol. The van der Waals surface area contributed by atoms with Crippen LogP contribution in [0.1, 0.15) is 10.4 Å². The number of carbonyl (C=O) groups is 1. The molecule has 0 atom stereocenters. The summed E-state index contributed by atoms with van der Waals surface area (Å²) in [7, 11) is 0. The van der Waals surface area contributed by atoms with Crippen molar-refractivity contribution in [1.29, 1.82) is 0 Å². The van der Waals surface area contributed by atoms with Gasteiger partial charge < -0.3 is 4.90 Å². The van der Waals surface area contributed by atoms with Gasteiger partial charge in [0.05, 0.1) is 19.3 Å². The summed E-state index contributed by atoms with van der Waals surface area (Å²) in [6.07, 6.45) is 1.93. The lowest BCUT2D eigenvalue weighted by Crippen LogP contribution is -2.50. The quantitative estimate of drug-likeness (QED) is 0.728. The number of carbonyl (C=O) groups excluding carboxylic acids is 1. The molecule has 3 aromatic rings. The number of fused-ring (bicyclic) bond motifs is 1. The predicted octanol–water partition coefficient (Wildman–Crippen LogP) is 2.62. The zero-order valence-electron chi connectivity index (χ0n) is 13.5. The maximum atomic E-state index is 12.8. The number of benzene rings is 2. The fourth-order valence-electron chi connectivity index (χ4n) is 3.24. The minimum Gasteiger partial charge on any atom is -0.331 e.